The van der Waals surface area contributed by atoms with Gasteiger partial charge in [0, 0.05) is 41.1 Å². The van der Waals surface area contributed by atoms with Crippen molar-refractivity contribution in [1.29, 1.82) is 0 Å². The molecule has 102 valence electrons. The molecule has 0 saturated carbocycles. The van der Waals surface area contributed by atoms with Crippen molar-refractivity contribution in [3.8, 4) is 5.75 Å². The van der Waals surface area contributed by atoms with Crippen LogP contribution in [0.2, 0.25) is 0 Å². The first kappa shape index (κ1) is 12.7. The SMILES string of the molecule is O=[N+]([O-])c1cc(C=Nc2nccs2)c2c(c1)COCO2. The lowest BCUT2D eigenvalue weighted by molar-refractivity contribution is -0.385. The highest BCUT2D eigenvalue weighted by Gasteiger charge is 2.20. The number of ether oxygens (including phenoxy) is 2. The number of thiazole rings is 1. The second kappa shape index (κ2) is 5.35. The molecule has 7 nitrogen and oxygen atoms in total. The Kier molecular flexibility index (Phi) is 3.40. The van der Waals surface area contributed by atoms with Crippen LogP contribution >= 0.6 is 11.3 Å². The van der Waals surface area contributed by atoms with Gasteiger partial charge in [0.05, 0.1) is 11.5 Å². The van der Waals surface area contributed by atoms with Gasteiger partial charge >= 0.3 is 0 Å². The minimum Gasteiger partial charge on any atom is -0.466 e. The Labute approximate surface area is 117 Å². The minimum absolute atomic E-state index is 0.0153. The smallest absolute Gasteiger partial charge is 0.270 e. The number of fused-ring (bicyclic) bond motifs is 1. The lowest BCUT2D eigenvalue weighted by atomic mass is 10.1. The van der Waals surface area contributed by atoms with E-state index in [0.717, 1.165) is 0 Å². The summed E-state index contributed by atoms with van der Waals surface area (Å²) in [6.45, 7) is 0.415. The molecule has 0 N–H and O–H groups in total. The predicted octanol–water partition coefficient (Wildman–Crippen LogP) is 2.67. The number of non-ortho nitro benzene ring substituents is 1. The molecule has 2 heterocycles. The monoisotopic (exact) mass is 291 g/mol. The molecule has 0 saturated heterocycles. The molecule has 0 spiro atoms. The topological polar surface area (TPSA) is 86.9 Å². The van der Waals surface area contributed by atoms with E-state index in [9.17, 15) is 10.1 Å². The van der Waals surface area contributed by atoms with Crippen LogP contribution in [0.3, 0.4) is 0 Å². The van der Waals surface area contributed by atoms with Gasteiger partial charge in [-0.25, -0.2) is 9.98 Å². The van der Waals surface area contributed by atoms with Crippen molar-refractivity contribution in [3.63, 3.8) is 0 Å². The second-order valence-corrected chi connectivity index (χ2v) is 4.84. The van der Waals surface area contributed by atoms with Crippen LogP contribution in [0.4, 0.5) is 10.8 Å². The van der Waals surface area contributed by atoms with Crippen molar-refractivity contribution in [3.05, 3.63) is 45.0 Å². The first-order valence-electron chi connectivity index (χ1n) is 5.69. The molecule has 0 fully saturated rings. The van der Waals surface area contributed by atoms with Crippen LogP contribution in [0.25, 0.3) is 0 Å². The third-order valence-corrected chi connectivity index (χ3v) is 3.35. The Balaban J connectivity index is 2.03. The molecule has 0 amide bonds. The largest absolute Gasteiger partial charge is 0.466 e. The minimum atomic E-state index is -0.449. The van der Waals surface area contributed by atoms with Gasteiger partial charge < -0.3 is 9.47 Å². The van der Waals surface area contributed by atoms with Crippen LogP contribution in [0, 0.1) is 10.1 Å². The number of hydrogen-bond donors (Lipinski definition) is 0. The average molecular weight is 291 g/mol. The summed E-state index contributed by atoms with van der Waals surface area (Å²) in [6.07, 6.45) is 3.17. The predicted molar refractivity (Wildman–Crippen MR) is 72.7 cm³/mol. The van der Waals surface area contributed by atoms with E-state index >= 15 is 0 Å². The third kappa shape index (κ3) is 2.51. The highest BCUT2D eigenvalue weighted by atomic mass is 32.1. The number of nitro groups is 1. The van der Waals surface area contributed by atoms with Crippen LogP contribution in [0.15, 0.2) is 28.7 Å². The van der Waals surface area contributed by atoms with Crippen LogP contribution in [-0.2, 0) is 11.3 Å². The van der Waals surface area contributed by atoms with Gasteiger partial charge in [0.2, 0.25) is 5.13 Å². The Hall–Kier alpha value is -2.32. The molecule has 20 heavy (non-hydrogen) atoms. The fraction of sp³-hybridized carbons (Fsp3) is 0.167. The number of hydrogen-bond acceptors (Lipinski definition) is 7. The zero-order chi connectivity index (χ0) is 13.9. The number of benzene rings is 1. The molecular formula is C12H9N3O4S. The molecule has 0 aliphatic carbocycles. The summed E-state index contributed by atoms with van der Waals surface area (Å²) in [7, 11) is 0. The number of nitrogens with zero attached hydrogens (tertiary/aromatic N) is 3. The molecule has 2 aromatic rings. The molecule has 0 radical (unpaired) electrons. The van der Waals surface area contributed by atoms with E-state index in [2.05, 4.69) is 9.98 Å². The molecule has 0 bridgehead atoms. The summed E-state index contributed by atoms with van der Waals surface area (Å²) in [5.74, 6) is 0.571. The molecule has 1 aliphatic heterocycles. The zero-order valence-electron chi connectivity index (χ0n) is 10.2. The van der Waals surface area contributed by atoms with E-state index in [-0.39, 0.29) is 19.1 Å². The van der Waals surface area contributed by atoms with E-state index in [1.165, 1.54) is 29.7 Å². The number of aromatic nitrogens is 1. The van der Waals surface area contributed by atoms with Gasteiger partial charge in [0.25, 0.3) is 5.69 Å². The van der Waals surface area contributed by atoms with Crippen LogP contribution in [0.1, 0.15) is 11.1 Å². The molecule has 0 unspecified atom stereocenters. The zero-order valence-corrected chi connectivity index (χ0v) is 11.0. The number of nitro benzene ring substituents is 1. The van der Waals surface area contributed by atoms with E-state index < -0.39 is 4.92 Å². The van der Waals surface area contributed by atoms with Crippen molar-refractivity contribution in [1.82, 2.24) is 4.98 Å². The van der Waals surface area contributed by atoms with Gasteiger partial charge in [-0.2, -0.15) is 0 Å². The first-order chi connectivity index (χ1) is 9.74. The molecule has 3 rings (SSSR count). The van der Waals surface area contributed by atoms with Crippen molar-refractivity contribution in [2.24, 2.45) is 4.99 Å². The maximum absolute atomic E-state index is 10.9. The maximum Gasteiger partial charge on any atom is 0.270 e. The Morgan fingerprint density at radius 2 is 2.40 bits per heavy atom. The van der Waals surface area contributed by atoms with Gasteiger partial charge in [0.15, 0.2) is 6.79 Å². The standard InChI is InChI=1S/C12H9N3O4S/c16-15(17)10-3-8(5-14-12-13-1-2-20-12)11-9(4-10)6-18-7-19-11/h1-5H,6-7H2. The summed E-state index contributed by atoms with van der Waals surface area (Å²) >= 11 is 1.38. The lowest BCUT2D eigenvalue weighted by Crippen LogP contribution is -2.13. The Bertz CT molecular complexity index is 670. The first-order valence-corrected chi connectivity index (χ1v) is 6.57. The molecule has 8 heteroatoms. The second-order valence-electron chi connectivity index (χ2n) is 3.96. The summed E-state index contributed by atoms with van der Waals surface area (Å²) in [5, 5.41) is 13.3. The number of aliphatic imine (C=N–C) groups is 1. The average Bonchev–Trinajstić information content (AvgIpc) is 2.97. The van der Waals surface area contributed by atoms with Gasteiger partial charge in [-0.3, -0.25) is 10.1 Å². The van der Waals surface area contributed by atoms with Crippen LogP contribution in [-0.4, -0.2) is 22.9 Å². The Morgan fingerprint density at radius 3 is 3.15 bits per heavy atom. The van der Waals surface area contributed by atoms with E-state index in [1.807, 2.05) is 0 Å². The van der Waals surface area contributed by atoms with E-state index in [0.29, 0.717) is 22.0 Å². The van der Waals surface area contributed by atoms with E-state index in [1.54, 1.807) is 11.6 Å². The van der Waals surface area contributed by atoms with Crippen molar-refractivity contribution < 1.29 is 14.4 Å². The van der Waals surface area contributed by atoms with Gasteiger partial charge in [-0.05, 0) is 0 Å². The molecular weight excluding hydrogens is 282 g/mol. The molecule has 1 aromatic heterocycles. The molecule has 0 atom stereocenters. The highest BCUT2D eigenvalue weighted by Crippen LogP contribution is 2.32. The maximum atomic E-state index is 10.9. The van der Waals surface area contributed by atoms with E-state index in [4.69, 9.17) is 9.47 Å². The highest BCUT2D eigenvalue weighted by molar-refractivity contribution is 7.13. The van der Waals surface area contributed by atoms with Crippen molar-refractivity contribution in [2.45, 2.75) is 6.61 Å². The number of rotatable bonds is 3. The summed E-state index contributed by atoms with van der Waals surface area (Å²) in [5.41, 5.74) is 1.18. The normalized spacial score (nSPS) is 14.0. The fourth-order valence-electron chi connectivity index (χ4n) is 1.84. The third-order valence-electron chi connectivity index (χ3n) is 2.67. The van der Waals surface area contributed by atoms with Gasteiger partial charge in [-0.15, -0.1) is 11.3 Å². The van der Waals surface area contributed by atoms with Gasteiger partial charge in [-0.1, -0.05) is 0 Å². The molecule has 1 aromatic carbocycles. The van der Waals surface area contributed by atoms with Gasteiger partial charge in [0.1, 0.15) is 5.75 Å². The van der Waals surface area contributed by atoms with Crippen LogP contribution < -0.4 is 4.74 Å². The quantitative estimate of drug-likeness (QED) is 0.493. The van der Waals surface area contributed by atoms with Crippen molar-refractivity contribution >= 4 is 28.4 Å². The van der Waals surface area contributed by atoms with Crippen LogP contribution in [0.5, 0.6) is 5.75 Å². The summed E-state index contributed by atoms with van der Waals surface area (Å²) in [6, 6.07) is 2.89. The summed E-state index contributed by atoms with van der Waals surface area (Å²) in [4.78, 5) is 18.7. The molecule has 1 aliphatic rings. The van der Waals surface area contributed by atoms with Crippen molar-refractivity contribution in [2.75, 3.05) is 6.79 Å². The lowest BCUT2D eigenvalue weighted by Gasteiger charge is -2.19. The summed E-state index contributed by atoms with van der Waals surface area (Å²) < 4.78 is 10.5. The fourth-order valence-corrected chi connectivity index (χ4v) is 2.32. The Morgan fingerprint density at radius 1 is 1.50 bits per heavy atom.